The standard InChI is InChI=1S/C23H28ClN3O5S/c1-2-26-9-11-27(12-10-26)33(29,30)18-4-5-20(24)19(16-18)23(28)25-8-7-17-3-6-21-22(15-17)32-14-13-31-21/h3-6,15-16H,2,7-14H2,1H3,(H,25,28). The van der Waals surface area contributed by atoms with Crippen LogP contribution in [-0.4, -0.2) is 76.0 Å². The summed E-state index contributed by atoms with van der Waals surface area (Å²) in [5.41, 5.74) is 1.14. The van der Waals surface area contributed by atoms with Gasteiger partial charge in [-0.05, 0) is 48.9 Å². The van der Waals surface area contributed by atoms with Gasteiger partial charge in [-0.25, -0.2) is 8.42 Å². The van der Waals surface area contributed by atoms with E-state index < -0.39 is 15.9 Å². The quantitative estimate of drug-likeness (QED) is 0.637. The van der Waals surface area contributed by atoms with Crippen molar-refractivity contribution in [2.24, 2.45) is 0 Å². The minimum absolute atomic E-state index is 0.0776. The highest BCUT2D eigenvalue weighted by atomic mass is 35.5. The van der Waals surface area contributed by atoms with Crippen molar-refractivity contribution < 1.29 is 22.7 Å². The maximum atomic E-state index is 13.1. The smallest absolute Gasteiger partial charge is 0.252 e. The van der Waals surface area contributed by atoms with Crippen molar-refractivity contribution in [3.63, 3.8) is 0 Å². The fraction of sp³-hybridized carbons (Fsp3) is 0.435. The second-order valence-corrected chi connectivity index (χ2v) is 10.3. The molecule has 0 saturated carbocycles. The van der Waals surface area contributed by atoms with Gasteiger partial charge in [0.15, 0.2) is 11.5 Å². The van der Waals surface area contributed by atoms with Crippen molar-refractivity contribution in [1.82, 2.24) is 14.5 Å². The summed E-state index contributed by atoms with van der Waals surface area (Å²) in [4.78, 5) is 15.1. The number of likely N-dealkylation sites (N-methyl/N-ethyl adjacent to an activating group) is 1. The first-order chi connectivity index (χ1) is 15.9. The molecule has 33 heavy (non-hydrogen) atoms. The number of hydrogen-bond acceptors (Lipinski definition) is 6. The number of nitrogens with zero attached hydrogens (tertiary/aromatic N) is 2. The molecule has 0 aromatic heterocycles. The molecule has 0 radical (unpaired) electrons. The Morgan fingerprint density at radius 3 is 2.48 bits per heavy atom. The molecule has 1 fully saturated rings. The highest BCUT2D eigenvalue weighted by molar-refractivity contribution is 7.89. The van der Waals surface area contributed by atoms with Gasteiger partial charge >= 0.3 is 0 Å². The first kappa shape index (κ1) is 23.8. The summed E-state index contributed by atoms with van der Waals surface area (Å²) in [6.45, 7) is 6.60. The Morgan fingerprint density at radius 1 is 1.03 bits per heavy atom. The van der Waals surface area contributed by atoms with E-state index in [1.165, 1.54) is 22.5 Å². The first-order valence-electron chi connectivity index (χ1n) is 11.1. The molecule has 0 atom stereocenters. The van der Waals surface area contributed by atoms with Gasteiger partial charge < -0.3 is 19.7 Å². The van der Waals surface area contributed by atoms with Gasteiger partial charge in [0, 0.05) is 32.7 Å². The van der Waals surface area contributed by atoms with Crippen molar-refractivity contribution in [2.75, 3.05) is 52.5 Å². The number of fused-ring (bicyclic) bond motifs is 1. The van der Waals surface area contributed by atoms with E-state index in [4.69, 9.17) is 21.1 Å². The van der Waals surface area contributed by atoms with Crippen LogP contribution in [0.3, 0.4) is 0 Å². The molecular formula is C23H28ClN3O5S. The second kappa shape index (κ2) is 10.3. The summed E-state index contributed by atoms with van der Waals surface area (Å²) < 4.78 is 38.8. The maximum absolute atomic E-state index is 13.1. The van der Waals surface area contributed by atoms with Gasteiger partial charge in [-0.3, -0.25) is 4.79 Å². The number of rotatable bonds is 7. The summed E-state index contributed by atoms with van der Waals surface area (Å²) in [5, 5.41) is 3.04. The Labute approximate surface area is 199 Å². The SMILES string of the molecule is CCN1CCN(S(=O)(=O)c2ccc(Cl)c(C(=O)NCCc3ccc4c(c3)OCCO4)c2)CC1. The lowest BCUT2D eigenvalue weighted by molar-refractivity contribution is 0.0954. The van der Waals surface area contributed by atoms with E-state index >= 15 is 0 Å². The molecule has 1 amide bonds. The van der Waals surface area contributed by atoms with E-state index in [1.807, 2.05) is 18.2 Å². The van der Waals surface area contributed by atoms with E-state index in [0.29, 0.717) is 58.1 Å². The number of amides is 1. The lowest BCUT2D eigenvalue weighted by Crippen LogP contribution is -2.48. The number of hydrogen-bond donors (Lipinski definition) is 1. The largest absolute Gasteiger partial charge is 0.486 e. The fourth-order valence-corrected chi connectivity index (χ4v) is 5.59. The molecule has 0 unspecified atom stereocenters. The van der Waals surface area contributed by atoms with Crippen LogP contribution in [0, 0.1) is 0 Å². The zero-order chi connectivity index (χ0) is 23.4. The minimum atomic E-state index is -3.70. The Morgan fingerprint density at radius 2 is 1.76 bits per heavy atom. The molecule has 2 aromatic rings. The monoisotopic (exact) mass is 493 g/mol. The Kier molecular flexibility index (Phi) is 7.43. The summed E-state index contributed by atoms with van der Waals surface area (Å²) >= 11 is 6.23. The van der Waals surface area contributed by atoms with E-state index in [2.05, 4.69) is 17.1 Å². The molecule has 2 aliphatic rings. The lowest BCUT2D eigenvalue weighted by atomic mass is 10.1. The number of benzene rings is 2. The van der Waals surface area contributed by atoms with E-state index in [9.17, 15) is 13.2 Å². The lowest BCUT2D eigenvalue weighted by Gasteiger charge is -2.33. The van der Waals surface area contributed by atoms with Crippen LogP contribution in [0.5, 0.6) is 11.5 Å². The molecule has 2 aliphatic heterocycles. The number of halogens is 1. The van der Waals surface area contributed by atoms with Crippen molar-refractivity contribution in [2.45, 2.75) is 18.2 Å². The summed E-state index contributed by atoms with van der Waals surface area (Å²) in [6.07, 6.45) is 0.583. The van der Waals surface area contributed by atoms with Crippen molar-refractivity contribution in [3.05, 3.63) is 52.5 Å². The molecular weight excluding hydrogens is 466 g/mol. The number of sulfonamides is 1. The van der Waals surface area contributed by atoms with Crippen LogP contribution in [0.25, 0.3) is 0 Å². The molecule has 0 aliphatic carbocycles. The van der Waals surface area contributed by atoms with Gasteiger partial charge in [0.2, 0.25) is 10.0 Å². The van der Waals surface area contributed by atoms with Crippen LogP contribution in [-0.2, 0) is 16.4 Å². The molecule has 178 valence electrons. The fourth-order valence-electron chi connectivity index (χ4n) is 3.93. The third-order valence-electron chi connectivity index (χ3n) is 5.90. The van der Waals surface area contributed by atoms with E-state index in [-0.39, 0.29) is 15.5 Å². The van der Waals surface area contributed by atoms with Gasteiger partial charge in [0.1, 0.15) is 13.2 Å². The molecule has 4 rings (SSSR count). The van der Waals surface area contributed by atoms with E-state index in [0.717, 1.165) is 17.9 Å². The van der Waals surface area contributed by atoms with E-state index in [1.54, 1.807) is 0 Å². The van der Waals surface area contributed by atoms with Crippen LogP contribution in [0.2, 0.25) is 5.02 Å². The molecule has 10 heteroatoms. The highest BCUT2D eigenvalue weighted by Crippen LogP contribution is 2.31. The topological polar surface area (TPSA) is 88.2 Å². The predicted octanol–water partition coefficient (Wildman–Crippen LogP) is 2.41. The molecule has 1 N–H and O–H groups in total. The number of carbonyl (C=O) groups excluding carboxylic acids is 1. The zero-order valence-corrected chi connectivity index (χ0v) is 20.1. The van der Waals surface area contributed by atoms with Crippen LogP contribution >= 0.6 is 11.6 Å². The van der Waals surface area contributed by atoms with Gasteiger partial charge in [0.05, 0.1) is 15.5 Å². The van der Waals surface area contributed by atoms with Gasteiger partial charge in [-0.15, -0.1) is 0 Å². The van der Waals surface area contributed by atoms with Gasteiger partial charge in [-0.2, -0.15) is 4.31 Å². The summed E-state index contributed by atoms with van der Waals surface area (Å²) in [5.74, 6) is 1.01. The third-order valence-corrected chi connectivity index (χ3v) is 8.13. The third kappa shape index (κ3) is 5.43. The number of piperazine rings is 1. The minimum Gasteiger partial charge on any atom is -0.486 e. The number of nitrogens with one attached hydrogen (secondary N) is 1. The summed E-state index contributed by atoms with van der Waals surface area (Å²) in [6, 6.07) is 9.97. The first-order valence-corrected chi connectivity index (χ1v) is 12.9. The molecule has 8 nitrogen and oxygen atoms in total. The van der Waals surface area contributed by atoms with Crippen molar-refractivity contribution in [3.8, 4) is 11.5 Å². The average Bonchev–Trinajstić information content (AvgIpc) is 2.84. The number of carbonyl (C=O) groups is 1. The van der Waals surface area contributed by atoms with Gasteiger partial charge in [-0.1, -0.05) is 24.6 Å². The second-order valence-electron chi connectivity index (χ2n) is 7.96. The van der Waals surface area contributed by atoms with Crippen LogP contribution in [0.1, 0.15) is 22.8 Å². The Bertz CT molecular complexity index is 1120. The Hall–Kier alpha value is -2.33. The Balaban J connectivity index is 1.40. The van der Waals surface area contributed by atoms with Gasteiger partial charge in [0.25, 0.3) is 5.91 Å². The predicted molar refractivity (Wildman–Crippen MR) is 126 cm³/mol. The average molecular weight is 494 g/mol. The van der Waals surface area contributed by atoms with Crippen molar-refractivity contribution in [1.29, 1.82) is 0 Å². The molecule has 2 heterocycles. The van der Waals surface area contributed by atoms with Crippen molar-refractivity contribution >= 4 is 27.5 Å². The van der Waals surface area contributed by atoms with Crippen LogP contribution < -0.4 is 14.8 Å². The molecule has 1 saturated heterocycles. The highest BCUT2D eigenvalue weighted by Gasteiger charge is 2.29. The zero-order valence-electron chi connectivity index (χ0n) is 18.5. The maximum Gasteiger partial charge on any atom is 0.252 e. The molecule has 0 spiro atoms. The summed E-state index contributed by atoms with van der Waals surface area (Å²) in [7, 11) is -3.70. The molecule has 2 aromatic carbocycles. The van der Waals surface area contributed by atoms with Crippen LogP contribution in [0.15, 0.2) is 41.3 Å². The normalized spacial score (nSPS) is 17.0. The van der Waals surface area contributed by atoms with Crippen LogP contribution in [0.4, 0.5) is 0 Å². The number of ether oxygens (including phenoxy) is 2. The molecule has 0 bridgehead atoms.